The van der Waals surface area contributed by atoms with Crippen LogP contribution in [0.3, 0.4) is 0 Å². The molecule has 0 radical (unpaired) electrons. The van der Waals surface area contributed by atoms with Gasteiger partial charge in [-0.2, -0.15) is 0 Å². The van der Waals surface area contributed by atoms with E-state index in [1.807, 2.05) is 27.7 Å². The highest BCUT2D eigenvalue weighted by molar-refractivity contribution is 5.80. The van der Waals surface area contributed by atoms with E-state index in [4.69, 9.17) is 5.11 Å². The minimum atomic E-state index is -0.921. The van der Waals surface area contributed by atoms with E-state index in [0.29, 0.717) is 0 Å². The third-order valence-electron chi connectivity index (χ3n) is 2.04. The molecule has 3 nitrogen and oxygen atoms in total. The molecule has 2 atom stereocenters. The molecule has 0 saturated carbocycles. The van der Waals surface area contributed by atoms with Crippen molar-refractivity contribution in [1.29, 1.82) is 0 Å². The highest BCUT2D eigenvalue weighted by Crippen LogP contribution is 2.18. The highest BCUT2D eigenvalue weighted by atomic mass is 16.3. The lowest BCUT2D eigenvalue weighted by Gasteiger charge is -2.28. The Morgan fingerprint density at radius 1 is 1.33 bits per heavy atom. The SMILES string of the molecule is C[C@H](O)C(=O)N[C@@H](C)C(C)(C)C. The molecule has 0 heterocycles. The van der Waals surface area contributed by atoms with Crippen LogP contribution in [0.25, 0.3) is 0 Å². The summed E-state index contributed by atoms with van der Waals surface area (Å²) < 4.78 is 0. The Hall–Kier alpha value is -0.570. The summed E-state index contributed by atoms with van der Waals surface area (Å²) in [5.74, 6) is -0.308. The Morgan fingerprint density at radius 3 is 2.00 bits per heavy atom. The van der Waals surface area contributed by atoms with Crippen molar-refractivity contribution in [3.8, 4) is 0 Å². The molecule has 0 bridgehead atoms. The summed E-state index contributed by atoms with van der Waals surface area (Å²) >= 11 is 0. The Balaban J connectivity index is 4.02. The van der Waals surface area contributed by atoms with Gasteiger partial charge in [0.05, 0.1) is 0 Å². The van der Waals surface area contributed by atoms with Gasteiger partial charge >= 0.3 is 0 Å². The van der Waals surface area contributed by atoms with Crippen LogP contribution < -0.4 is 5.32 Å². The molecule has 0 aliphatic carbocycles. The van der Waals surface area contributed by atoms with Crippen molar-refractivity contribution in [3.63, 3.8) is 0 Å². The molecule has 1 amide bonds. The topological polar surface area (TPSA) is 49.3 Å². The maximum absolute atomic E-state index is 11.0. The lowest BCUT2D eigenvalue weighted by Crippen LogP contribution is -2.45. The van der Waals surface area contributed by atoms with Crippen LogP contribution in [0.5, 0.6) is 0 Å². The molecule has 0 spiro atoms. The van der Waals surface area contributed by atoms with E-state index in [1.54, 1.807) is 0 Å². The summed E-state index contributed by atoms with van der Waals surface area (Å²) in [6.07, 6.45) is -0.921. The second kappa shape index (κ2) is 3.90. The first-order valence-corrected chi connectivity index (χ1v) is 4.23. The van der Waals surface area contributed by atoms with Crippen LogP contribution in [0.1, 0.15) is 34.6 Å². The Kier molecular flexibility index (Phi) is 3.71. The molecule has 72 valence electrons. The molecule has 0 aliphatic rings. The Bertz CT molecular complexity index is 158. The number of rotatable bonds is 2. The standard InChI is InChI=1S/C9H19NO2/c1-6(11)8(12)10-7(2)9(3,4)5/h6-7,11H,1-5H3,(H,10,12)/t6-,7-/m0/s1. The second-order valence-corrected chi connectivity index (χ2v) is 4.27. The number of aliphatic hydroxyl groups is 1. The first kappa shape index (κ1) is 11.4. The molecule has 3 heteroatoms. The van der Waals surface area contributed by atoms with E-state index in [-0.39, 0.29) is 17.4 Å². The number of hydrogen-bond donors (Lipinski definition) is 2. The van der Waals surface area contributed by atoms with E-state index in [2.05, 4.69) is 5.32 Å². The number of carbonyl (C=O) groups is 1. The van der Waals surface area contributed by atoms with Crippen molar-refractivity contribution in [2.75, 3.05) is 0 Å². The number of aliphatic hydroxyl groups excluding tert-OH is 1. The van der Waals surface area contributed by atoms with Gasteiger partial charge in [-0.3, -0.25) is 4.79 Å². The highest BCUT2D eigenvalue weighted by Gasteiger charge is 2.22. The largest absolute Gasteiger partial charge is 0.384 e. The number of carbonyl (C=O) groups excluding carboxylic acids is 1. The van der Waals surface area contributed by atoms with E-state index in [1.165, 1.54) is 6.92 Å². The third-order valence-corrected chi connectivity index (χ3v) is 2.04. The predicted molar refractivity (Wildman–Crippen MR) is 48.7 cm³/mol. The summed E-state index contributed by atoms with van der Waals surface area (Å²) in [5, 5.41) is 11.7. The monoisotopic (exact) mass is 173 g/mol. The van der Waals surface area contributed by atoms with E-state index in [0.717, 1.165) is 0 Å². The first-order chi connectivity index (χ1) is 5.25. The van der Waals surface area contributed by atoms with Gasteiger partial charge in [0, 0.05) is 6.04 Å². The summed E-state index contributed by atoms with van der Waals surface area (Å²) in [6.45, 7) is 9.52. The van der Waals surface area contributed by atoms with Gasteiger partial charge in [0.15, 0.2) is 0 Å². The Labute approximate surface area is 74.2 Å². The molecule has 0 saturated heterocycles. The summed E-state index contributed by atoms with van der Waals surface area (Å²) in [5.41, 5.74) is 0.0323. The molecule has 2 N–H and O–H groups in total. The van der Waals surface area contributed by atoms with Crippen LogP contribution in [0.15, 0.2) is 0 Å². The molecule has 12 heavy (non-hydrogen) atoms. The first-order valence-electron chi connectivity index (χ1n) is 4.23. The van der Waals surface area contributed by atoms with Crippen LogP contribution in [0.4, 0.5) is 0 Å². The fraction of sp³-hybridized carbons (Fsp3) is 0.889. The maximum atomic E-state index is 11.0. The molecule has 0 aromatic heterocycles. The molecular weight excluding hydrogens is 154 g/mol. The van der Waals surface area contributed by atoms with Crippen LogP contribution in [-0.4, -0.2) is 23.2 Å². The third kappa shape index (κ3) is 3.72. The van der Waals surface area contributed by atoms with Crippen LogP contribution in [-0.2, 0) is 4.79 Å². The van der Waals surface area contributed by atoms with Crippen molar-refractivity contribution in [3.05, 3.63) is 0 Å². The van der Waals surface area contributed by atoms with Crippen molar-refractivity contribution < 1.29 is 9.90 Å². The molecular formula is C9H19NO2. The minimum Gasteiger partial charge on any atom is -0.384 e. The summed E-state index contributed by atoms with van der Waals surface area (Å²) in [4.78, 5) is 11.0. The Morgan fingerprint density at radius 2 is 1.75 bits per heavy atom. The van der Waals surface area contributed by atoms with Crippen LogP contribution in [0.2, 0.25) is 0 Å². The van der Waals surface area contributed by atoms with Crippen molar-refractivity contribution in [1.82, 2.24) is 5.32 Å². The molecule has 0 aliphatic heterocycles. The molecule has 0 fully saturated rings. The average Bonchev–Trinajstić information content (AvgIpc) is 1.85. The van der Waals surface area contributed by atoms with Crippen molar-refractivity contribution in [2.45, 2.75) is 46.8 Å². The van der Waals surface area contributed by atoms with Gasteiger partial charge in [0.2, 0.25) is 5.91 Å². The lowest BCUT2D eigenvalue weighted by molar-refractivity contribution is -0.129. The van der Waals surface area contributed by atoms with Crippen LogP contribution >= 0.6 is 0 Å². The van der Waals surface area contributed by atoms with E-state index < -0.39 is 6.10 Å². The van der Waals surface area contributed by atoms with Gasteiger partial charge in [-0.05, 0) is 19.3 Å². The quantitative estimate of drug-likeness (QED) is 0.652. The van der Waals surface area contributed by atoms with Crippen LogP contribution in [0, 0.1) is 5.41 Å². The molecule has 0 aromatic carbocycles. The maximum Gasteiger partial charge on any atom is 0.248 e. The van der Waals surface area contributed by atoms with Crippen molar-refractivity contribution >= 4 is 5.91 Å². The molecule has 0 unspecified atom stereocenters. The van der Waals surface area contributed by atoms with Gasteiger partial charge in [0.25, 0.3) is 0 Å². The van der Waals surface area contributed by atoms with Gasteiger partial charge in [0.1, 0.15) is 6.10 Å². The van der Waals surface area contributed by atoms with Gasteiger partial charge < -0.3 is 10.4 Å². The smallest absolute Gasteiger partial charge is 0.248 e. The predicted octanol–water partition coefficient (Wildman–Crippen LogP) is 0.918. The van der Waals surface area contributed by atoms with E-state index >= 15 is 0 Å². The van der Waals surface area contributed by atoms with Crippen molar-refractivity contribution in [2.24, 2.45) is 5.41 Å². The number of nitrogens with one attached hydrogen (secondary N) is 1. The normalized spacial score (nSPS) is 16.8. The summed E-state index contributed by atoms with van der Waals surface area (Å²) in [7, 11) is 0. The second-order valence-electron chi connectivity index (χ2n) is 4.27. The zero-order valence-electron chi connectivity index (χ0n) is 8.51. The van der Waals surface area contributed by atoms with Gasteiger partial charge in [-0.15, -0.1) is 0 Å². The summed E-state index contributed by atoms with van der Waals surface area (Å²) in [6, 6.07) is 0.0691. The van der Waals surface area contributed by atoms with E-state index in [9.17, 15) is 4.79 Å². The molecule has 0 aromatic rings. The zero-order chi connectivity index (χ0) is 9.94. The number of amides is 1. The zero-order valence-corrected chi connectivity index (χ0v) is 8.51. The number of hydrogen-bond acceptors (Lipinski definition) is 2. The minimum absolute atomic E-state index is 0.0323. The molecule has 0 rings (SSSR count). The van der Waals surface area contributed by atoms with Gasteiger partial charge in [-0.25, -0.2) is 0 Å². The fourth-order valence-electron chi connectivity index (χ4n) is 0.550. The lowest BCUT2D eigenvalue weighted by atomic mass is 9.88. The average molecular weight is 173 g/mol. The fourth-order valence-corrected chi connectivity index (χ4v) is 0.550. The van der Waals surface area contributed by atoms with Gasteiger partial charge in [-0.1, -0.05) is 20.8 Å².